The molecule has 0 radical (unpaired) electrons. The zero-order chi connectivity index (χ0) is 23.7. The van der Waals surface area contributed by atoms with E-state index in [1.54, 1.807) is 43.4 Å². The Labute approximate surface area is 193 Å². The molecule has 1 atom stereocenters. The van der Waals surface area contributed by atoms with Crippen LogP contribution in [0.15, 0.2) is 76.7 Å². The molecule has 8 heteroatoms. The number of benzene rings is 2. The number of alkyl halides is 2. The molecular formula is C25H21F2NO4S. The highest BCUT2D eigenvalue weighted by atomic mass is 32.1. The number of para-hydroxylation sites is 1. The fourth-order valence-electron chi connectivity index (χ4n) is 3.88. The molecule has 4 rings (SSSR count). The number of carbonyl (C=O) groups is 2. The van der Waals surface area contributed by atoms with Gasteiger partial charge in [0.05, 0.1) is 11.6 Å². The Bertz CT molecular complexity index is 1200. The SMILES string of the molecule is CC(C)C(=O)C1=C(O)C(=O)N(c2ccc(-c3ccsc3)cc2)C1c1ccccc1OC(F)F. The number of amides is 1. The third kappa shape index (κ3) is 4.26. The maximum atomic E-state index is 13.2. The lowest BCUT2D eigenvalue weighted by molar-refractivity contribution is -0.119. The average molecular weight is 470 g/mol. The second-order valence-electron chi connectivity index (χ2n) is 7.83. The number of aliphatic hydroxyl groups is 1. The molecule has 170 valence electrons. The molecule has 0 saturated heterocycles. The van der Waals surface area contributed by atoms with Gasteiger partial charge >= 0.3 is 6.61 Å². The van der Waals surface area contributed by atoms with E-state index in [0.29, 0.717) is 5.69 Å². The second kappa shape index (κ2) is 9.15. The van der Waals surface area contributed by atoms with E-state index in [4.69, 9.17) is 0 Å². The first-order chi connectivity index (χ1) is 15.8. The number of hydrogen-bond donors (Lipinski definition) is 1. The third-order valence-electron chi connectivity index (χ3n) is 5.43. The molecule has 1 amide bonds. The van der Waals surface area contributed by atoms with Crippen molar-refractivity contribution in [2.24, 2.45) is 5.92 Å². The van der Waals surface area contributed by atoms with Crippen LogP contribution in [0.25, 0.3) is 11.1 Å². The molecule has 1 unspecified atom stereocenters. The number of hydrogen-bond acceptors (Lipinski definition) is 5. The quantitative estimate of drug-likeness (QED) is 0.451. The Kier molecular flexibility index (Phi) is 6.29. The van der Waals surface area contributed by atoms with E-state index in [-0.39, 0.29) is 16.9 Å². The minimum atomic E-state index is -3.09. The Morgan fingerprint density at radius 1 is 1.06 bits per heavy atom. The maximum absolute atomic E-state index is 13.2. The first-order valence-corrected chi connectivity index (χ1v) is 11.2. The van der Waals surface area contributed by atoms with Crippen molar-refractivity contribution in [3.63, 3.8) is 0 Å². The number of carbonyl (C=O) groups excluding carboxylic acids is 2. The highest BCUT2D eigenvalue weighted by Crippen LogP contribution is 2.45. The molecule has 1 N–H and O–H groups in total. The molecule has 0 fully saturated rings. The lowest BCUT2D eigenvalue weighted by atomic mass is 9.90. The van der Waals surface area contributed by atoms with Crippen LogP contribution in [0.5, 0.6) is 5.75 Å². The molecule has 2 heterocycles. The lowest BCUT2D eigenvalue weighted by Crippen LogP contribution is -2.31. The number of ketones is 1. The van der Waals surface area contributed by atoms with E-state index >= 15 is 0 Å². The van der Waals surface area contributed by atoms with Gasteiger partial charge in [-0.3, -0.25) is 14.5 Å². The van der Waals surface area contributed by atoms with Gasteiger partial charge in [-0.15, -0.1) is 0 Å². The number of aliphatic hydroxyl groups excluding tert-OH is 1. The monoisotopic (exact) mass is 469 g/mol. The highest BCUT2D eigenvalue weighted by Gasteiger charge is 2.46. The summed E-state index contributed by atoms with van der Waals surface area (Å²) in [6.45, 7) is 0.192. The van der Waals surface area contributed by atoms with Crippen molar-refractivity contribution in [2.75, 3.05) is 4.90 Å². The number of thiophene rings is 1. The molecule has 1 aliphatic rings. The van der Waals surface area contributed by atoms with E-state index in [9.17, 15) is 23.5 Å². The van der Waals surface area contributed by atoms with Crippen molar-refractivity contribution in [3.8, 4) is 16.9 Å². The molecule has 1 aromatic heterocycles. The van der Waals surface area contributed by atoms with E-state index in [2.05, 4.69) is 4.74 Å². The fourth-order valence-corrected chi connectivity index (χ4v) is 4.55. The molecule has 3 aromatic rings. The van der Waals surface area contributed by atoms with Crippen LogP contribution in [0.1, 0.15) is 25.5 Å². The van der Waals surface area contributed by atoms with Crippen LogP contribution in [0.4, 0.5) is 14.5 Å². The number of rotatable bonds is 7. The summed E-state index contributed by atoms with van der Waals surface area (Å²) < 4.78 is 30.9. The summed E-state index contributed by atoms with van der Waals surface area (Å²) >= 11 is 1.56. The van der Waals surface area contributed by atoms with Crippen LogP contribution < -0.4 is 9.64 Å². The fraction of sp³-hybridized carbons (Fsp3) is 0.200. The molecule has 2 aromatic carbocycles. The smallest absolute Gasteiger partial charge is 0.387 e. The van der Waals surface area contributed by atoms with Gasteiger partial charge in [0.1, 0.15) is 5.75 Å². The summed E-state index contributed by atoms with van der Waals surface area (Å²) in [6, 6.07) is 13.9. The van der Waals surface area contributed by atoms with Crippen LogP contribution in [0.2, 0.25) is 0 Å². The van der Waals surface area contributed by atoms with Crippen LogP contribution >= 0.6 is 11.3 Å². The number of halogens is 2. The van der Waals surface area contributed by atoms with Crippen molar-refractivity contribution in [1.29, 1.82) is 0 Å². The Balaban J connectivity index is 1.84. The zero-order valence-electron chi connectivity index (χ0n) is 17.9. The normalized spacial score (nSPS) is 16.2. The summed E-state index contributed by atoms with van der Waals surface area (Å²) in [6.07, 6.45) is 0. The van der Waals surface area contributed by atoms with Gasteiger partial charge in [0, 0.05) is 17.2 Å². The van der Waals surface area contributed by atoms with E-state index in [1.807, 2.05) is 29.0 Å². The Morgan fingerprint density at radius 3 is 2.36 bits per heavy atom. The zero-order valence-corrected chi connectivity index (χ0v) is 18.7. The molecule has 5 nitrogen and oxygen atoms in total. The van der Waals surface area contributed by atoms with Crippen LogP contribution in [-0.2, 0) is 9.59 Å². The predicted molar refractivity (Wildman–Crippen MR) is 123 cm³/mol. The predicted octanol–water partition coefficient (Wildman–Crippen LogP) is 6.14. The molecule has 1 aliphatic heterocycles. The van der Waals surface area contributed by atoms with Crippen LogP contribution in [-0.4, -0.2) is 23.4 Å². The van der Waals surface area contributed by atoms with E-state index < -0.39 is 36.0 Å². The number of ether oxygens (including phenoxy) is 1. The summed E-state index contributed by atoms with van der Waals surface area (Å²) in [7, 11) is 0. The van der Waals surface area contributed by atoms with Crippen molar-refractivity contribution < 1.29 is 28.2 Å². The molecule has 0 aliphatic carbocycles. The van der Waals surface area contributed by atoms with Gasteiger partial charge in [0.25, 0.3) is 5.91 Å². The molecule has 33 heavy (non-hydrogen) atoms. The number of nitrogens with zero attached hydrogens (tertiary/aromatic N) is 1. The van der Waals surface area contributed by atoms with Crippen molar-refractivity contribution in [1.82, 2.24) is 0 Å². The van der Waals surface area contributed by atoms with E-state index in [1.165, 1.54) is 23.1 Å². The molecule has 0 bridgehead atoms. The van der Waals surface area contributed by atoms with Gasteiger partial charge in [-0.25, -0.2) is 0 Å². The van der Waals surface area contributed by atoms with Gasteiger partial charge in [-0.05, 0) is 46.2 Å². The molecule has 0 spiro atoms. The highest BCUT2D eigenvalue weighted by molar-refractivity contribution is 7.08. The molecule has 0 saturated carbocycles. The largest absolute Gasteiger partial charge is 0.503 e. The maximum Gasteiger partial charge on any atom is 0.387 e. The van der Waals surface area contributed by atoms with Gasteiger partial charge in [-0.1, -0.05) is 44.2 Å². The second-order valence-corrected chi connectivity index (χ2v) is 8.61. The summed E-state index contributed by atoms with van der Waals surface area (Å²) in [5.74, 6) is -2.61. The number of anilines is 1. The van der Waals surface area contributed by atoms with Crippen LogP contribution in [0, 0.1) is 5.92 Å². The van der Waals surface area contributed by atoms with Crippen molar-refractivity contribution >= 4 is 28.7 Å². The van der Waals surface area contributed by atoms with Gasteiger partial charge in [-0.2, -0.15) is 20.1 Å². The van der Waals surface area contributed by atoms with Gasteiger partial charge in [0.2, 0.25) is 0 Å². The van der Waals surface area contributed by atoms with E-state index in [0.717, 1.165) is 11.1 Å². The van der Waals surface area contributed by atoms with Crippen molar-refractivity contribution in [3.05, 3.63) is 82.3 Å². The lowest BCUT2D eigenvalue weighted by Gasteiger charge is -2.28. The first kappa shape index (κ1) is 22.7. The topological polar surface area (TPSA) is 66.8 Å². The van der Waals surface area contributed by atoms with Gasteiger partial charge < -0.3 is 9.84 Å². The summed E-state index contributed by atoms with van der Waals surface area (Å²) in [5, 5.41) is 14.6. The van der Waals surface area contributed by atoms with Crippen molar-refractivity contribution in [2.45, 2.75) is 26.5 Å². The summed E-state index contributed by atoms with van der Waals surface area (Å²) in [5.41, 5.74) is 2.40. The third-order valence-corrected chi connectivity index (χ3v) is 6.11. The standard InChI is InChI=1S/C25H21F2NO4S/c1-14(2)22(29)20-21(18-5-3-4-6-19(18)32-25(26)27)28(24(31)23(20)30)17-9-7-15(8-10-17)16-11-12-33-13-16/h3-14,21,25,30H,1-2H3. The Hall–Kier alpha value is -3.52. The number of Topliss-reactive ketones (excluding diaryl/α,β-unsaturated/α-hetero) is 1. The molecular weight excluding hydrogens is 448 g/mol. The average Bonchev–Trinajstić information content (AvgIpc) is 3.41. The summed E-state index contributed by atoms with van der Waals surface area (Å²) in [4.78, 5) is 27.4. The minimum Gasteiger partial charge on any atom is -0.503 e. The van der Waals surface area contributed by atoms with Gasteiger partial charge in [0.15, 0.2) is 11.5 Å². The van der Waals surface area contributed by atoms with Crippen LogP contribution in [0.3, 0.4) is 0 Å². The first-order valence-electron chi connectivity index (χ1n) is 10.3. The Morgan fingerprint density at radius 2 is 1.76 bits per heavy atom. The minimum absolute atomic E-state index is 0.137.